The maximum atomic E-state index is 12.9. The van der Waals surface area contributed by atoms with Crippen molar-refractivity contribution >= 4 is 26.5 Å². The second-order valence-corrected chi connectivity index (χ2v) is 10.0. The van der Waals surface area contributed by atoms with Crippen molar-refractivity contribution < 1.29 is 13.2 Å². The number of para-hydroxylation sites is 2. The molecule has 1 aliphatic heterocycles. The first-order valence-corrected chi connectivity index (χ1v) is 12.6. The number of anilines is 1. The highest BCUT2D eigenvalue weighted by molar-refractivity contribution is 7.89. The van der Waals surface area contributed by atoms with E-state index in [9.17, 15) is 8.42 Å². The Kier molecular flexibility index (Phi) is 6.98. The quantitative estimate of drug-likeness (QED) is 0.563. The average Bonchev–Trinajstić information content (AvgIpc) is 2.82. The Balaban J connectivity index is 1.29. The number of nitrogens with one attached hydrogen (secondary N) is 1. The van der Waals surface area contributed by atoms with E-state index in [2.05, 4.69) is 20.6 Å². The molecule has 32 heavy (non-hydrogen) atoms. The van der Waals surface area contributed by atoms with Crippen LogP contribution in [-0.4, -0.2) is 59.2 Å². The van der Waals surface area contributed by atoms with E-state index in [1.807, 2.05) is 55.5 Å². The number of methoxy groups -OCH3 is 1. The number of nitrogens with zero attached hydrogens (tertiary/aromatic N) is 2. The van der Waals surface area contributed by atoms with Gasteiger partial charge < -0.3 is 9.64 Å². The molecule has 3 aromatic rings. The highest BCUT2D eigenvalue weighted by Crippen LogP contribution is 2.28. The molecule has 1 saturated heterocycles. The normalized spacial score (nSPS) is 16.2. The largest absolute Gasteiger partial charge is 0.495 e. The molecule has 170 valence electrons. The molecule has 4 rings (SSSR count). The van der Waals surface area contributed by atoms with Crippen molar-refractivity contribution in [3.05, 3.63) is 66.7 Å². The van der Waals surface area contributed by atoms with Crippen LogP contribution in [0.4, 0.5) is 5.69 Å². The zero-order chi connectivity index (χ0) is 22.6. The minimum atomic E-state index is -3.55. The van der Waals surface area contributed by atoms with Gasteiger partial charge in [-0.1, -0.05) is 42.5 Å². The third-order valence-electron chi connectivity index (χ3n) is 6.06. The van der Waals surface area contributed by atoms with Gasteiger partial charge in [0, 0.05) is 32.2 Å². The Morgan fingerprint density at radius 3 is 2.38 bits per heavy atom. The molecule has 0 saturated carbocycles. The average molecular weight is 454 g/mol. The smallest absolute Gasteiger partial charge is 0.240 e. The van der Waals surface area contributed by atoms with E-state index >= 15 is 0 Å². The summed E-state index contributed by atoms with van der Waals surface area (Å²) in [5, 5.41) is 1.96. The lowest BCUT2D eigenvalue weighted by atomic mass is 10.1. The first kappa shape index (κ1) is 22.6. The highest BCUT2D eigenvalue weighted by Gasteiger charge is 2.21. The first-order valence-electron chi connectivity index (χ1n) is 11.1. The number of rotatable bonds is 8. The van der Waals surface area contributed by atoms with Gasteiger partial charge in [-0.05, 0) is 54.9 Å². The van der Waals surface area contributed by atoms with Gasteiger partial charge in [0.25, 0.3) is 0 Å². The van der Waals surface area contributed by atoms with Crippen molar-refractivity contribution in [1.82, 2.24) is 9.62 Å². The SMILES string of the molecule is COc1ccccc1N1CCN(CCC(C)NS(=O)(=O)c2ccc3ccccc3c2)CC1. The van der Waals surface area contributed by atoms with Crippen LogP contribution in [0.25, 0.3) is 10.8 Å². The summed E-state index contributed by atoms with van der Waals surface area (Å²) in [7, 11) is -1.84. The predicted molar refractivity (Wildman–Crippen MR) is 130 cm³/mol. The Bertz CT molecular complexity index is 1160. The summed E-state index contributed by atoms with van der Waals surface area (Å²) in [5.41, 5.74) is 1.13. The molecule has 0 radical (unpaired) electrons. The Hall–Kier alpha value is -2.61. The van der Waals surface area contributed by atoms with E-state index in [-0.39, 0.29) is 6.04 Å². The molecule has 1 heterocycles. The van der Waals surface area contributed by atoms with Crippen molar-refractivity contribution in [2.24, 2.45) is 0 Å². The van der Waals surface area contributed by atoms with E-state index in [1.54, 1.807) is 19.2 Å². The van der Waals surface area contributed by atoms with Crippen LogP contribution in [0.2, 0.25) is 0 Å². The van der Waals surface area contributed by atoms with Crippen LogP contribution in [-0.2, 0) is 10.0 Å². The molecule has 1 atom stereocenters. The summed E-state index contributed by atoms with van der Waals surface area (Å²) >= 11 is 0. The van der Waals surface area contributed by atoms with Gasteiger partial charge in [-0.15, -0.1) is 0 Å². The van der Waals surface area contributed by atoms with Crippen LogP contribution in [0.1, 0.15) is 13.3 Å². The standard InChI is InChI=1S/C25H31N3O3S/c1-20(26-32(29,30)23-12-11-21-7-3-4-8-22(21)19-23)13-14-27-15-17-28(18-16-27)24-9-5-6-10-25(24)31-2/h3-12,19-20,26H,13-18H2,1-2H3. The first-order chi connectivity index (χ1) is 15.5. The summed E-state index contributed by atoms with van der Waals surface area (Å²) in [4.78, 5) is 5.06. The molecule has 1 fully saturated rings. The van der Waals surface area contributed by atoms with Gasteiger partial charge in [-0.2, -0.15) is 0 Å². The Morgan fingerprint density at radius 2 is 1.62 bits per heavy atom. The molecule has 0 amide bonds. The molecule has 0 aromatic heterocycles. The van der Waals surface area contributed by atoms with Gasteiger partial charge in [0.15, 0.2) is 0 Å². The second kappa shape index (κ2) is 9.90. The van der Waals surface area contributed by atoms with Crippen LogP contribution in [0.5, 0.6) is 5.75 Å². The molecule has 0 aliphatic carbocycles. The zero-order valence-corrected chi connectivity index (χ0v) is 19.5. The molecule has 7 heteroatoms. The lowest BCUT2D eigenvalue weighted by molar-refractivity contribution is 0.247. The molecule has 0 spiro atoms. The van der Waals surface area contributed by atoms with E-state index in [4.69, 9.17) is 4.74 Å². The van der Waals surface area contributed by atoms with Crippen LogP contribution in [0.3, 0.4) is 0 Å². The van der Waals surface area contributed by atoms with Gasteiger partial charge in [0.1, 0.15) is 5.75 Å². The molecule has 1 unspecified atom stereocenters. The van der Waals surface area contributed by atoms with E-state index in [1.165, 1.54) is 0 Å². The summed E-state index contributed by atoms with van der Waals surface area (Å²) in [5.74, 6) is 0.901. The number of ether oxygens (including phenoxy) is 1. The highest BCUT2D eigenvalue weighted by atomic mass is 32.2. The van der Waals surface area contributed by atoms with Gasteiger partial charge in [-0.25, -0.2) is 13.1 Å². The van der Waals surface area contributed by atoms with E-state index in [0.29, 0.717) is 4.90 Å². The van der Waals surface area contributed by atoms with Crippen molar-refractivity contribution in [2.75, 3.05) is 44.7 Å². The maximum absolute atomic E-state index is 12.9. The topological polar surface area (TPSA) is 61.9 Å². The molecule has 1 N–H and O–H groups in total. The number of hydrogen-bond donors (Lipinski definition) is 1. The molecular weight excluding hydrogens is 422 g/mol. The van der Waals surface area contributed by atoms with Crippen molar-refractivity contribution in [2.45, 2.75) is 24.3 Å². The number of sulfonamides is 1. The van der Waals surface area contributed by atoms with Crippen LogP contribution in [0, 0.1) is 0 Å². The minimum Gasteiger partial charge on any atom is -0.495 e. The summed E-state index contributed by atoms with van der Waals surface area (Å²) in [6.07, 6.45) is 0.765. The summed E-state index contributed by atoms with van der Waals surface area (Å²) in [6.45, 7) is 6.55. The fourth-order valence-electron chi connectivity index (χ4n) is 4.21. The van der Waals surface area contributed by atoms with Gasteiger partial charge >= 0.3 is 0 Å². The number of fused-ring (bicyclic) bond motifs is 1. The minimum absolute atomic E-state index is 0.140. The molecule has 6 nitrogen and oxygen atoms in total. The van der Waals surface area contributed by atoms with E-state index < -0.39 is 10.0 Å². The Labute approximate surface area is 190 Å². The zero-order valence-electron chi connectivity index (χ0n) is 18.7. The van der Waals surface area contributed by atoms with Gasteiger partial charge in [-0.3, -0.25) is 4.90 Å². The third kappa shape index (κ3) is 5.23. The number of piperazine rings is 1. The maximum Gasteiger partial charge on any atom is 0.240 e. The van der Waals surface area contributed by atoms with Crippen LogP contribution in [0.15, 0.2) is 71.6 Å². The van der Waals surface area contributed by atoms with Crippen molar-refractivity contribution in [1.29, 1.82) is 0 Å². The van der Waals surface area contributed by atoms with Crippen LogP contribution >= 0.6 is 0 Å². The number of hydrogen-bond acceptors (Lipinski definition) is 5. The summed E-state index contributed by atoms with van der Waals surface area (Å²) < 4.78 is 34.0. The fourth-order valence-corrected chi connectivity index (χ4v) is 5.52. The fraction of sp³-hybridized carbons (Fsp3) is 0.360. The molecule has 1 aliphatic rings. The molecular formula is C25H31N3O3S. The summed E-state index contributed by atoms with van der Waals surface area (Å²) in [6, 6.07) is 21.0. The monoisotopic (exact) mass is 453 g/mol. The lowest BCUT2D eigenvalue weighted by Gasteiger charge is -2.37. The molecule has 3 aromatic carbocycles. The van der Waals surface area contributed by atoms with Crippen molar-refractivity contribution in [3.8, 4) is 5.75 Å². The van der Waals surface area contributed by atoms with Crippen molar-refractivity contribution in [3.63, 3.8) is 0 Å². The number of benzene rings is 3. The van der Waals surface area contributed by atoms with Gasteiger partial charge in [0.05, 0.1) is 17.7 Å². The van der Waals surface area contributed by atoms with E-state index in [0.717, 1.165) is 61.4 Å². The Morgan fingerprint density at radius 1 is 0.938 bits per heavy atom. The second-order valence-electron chi connectivity index (χ2n) is 8.32. The molecule has 0 bridgehead atoms. The third-order valence-corrected chi connectivity index (χ3v) is 7.65. The van der Waals surface area contributed by atoms with Crippen LogP contribution < -0.4 is 14.4 Å². The predicted octanol–water partition coefficient (Wildman–Crippen LogP) is 3.73. The van der Waals surface area contributed by atoms with Gasteiger partial charge in [0.2, 0.25) is 10.0 Å². The lowest BCUT2D eigenvalue weighted by Crippen LogP contribution is -2.47.